The number of nitrogens with zero attached hydrogens (tertiary/aromatic N) is 1. The van der Waals surface area contributed by atoms with Gasteiger partial charge in [-0.25, -0.2) is 0 Å². The molecule has 0 aliphatic carbocycles. The number of hydrogen-bond acceptors (Lipinski definition) is 4. The Morgan fingerprint density at radius 2 is 2.00 bits per heavy atom. The number of ether oxygens (including phenoxy) is 2. The van der Waals surface area contributed by atoms with Crippen LogP contribution in [0.2, 0.25) is 0 Å². The minimum atomic E-state index is 0.657. The van der Waals surface area contributed by atoms with E-state index in [1.807, 2.05) is 19.1 Å². The van der Waals surface area contributed by atoms with E-state index in [1.54, 1.807) is 7.11 Å². The second kappa shape index (κ2) is 8.12. The fourth-order valence-corrected chi connectivity index (χ4v) is 2.57. The number of rotatable bonds is 8. The molecule has 0 bridgehead atoms. The van der Waals surface area contributed by atoms with Crippen molar-refractivity contribution in [2.24, 2.45) is 0 Å². The van der Waals surface area contributed by atoms with Crippen LogP contribution in [0.15, 0.2) is 18.2 Å². The topological polar surface area (TPSA) is 33.7 Å². The smallest absolute Gasteiger partial charge is 0.161 e. The lowest BCUT2D eigenvalue weighted by Crippen LogP contribution is -2.29. The van der Waals surface area contributed by atoms with Crippen LogP contribution in [0.3, 0.4) is 0 Å². The van der Waals surface area contributed by atoms with Crippen molar-refractivity contribution in [3.8, 4) is 11.5 Å². The molecule has 2 rings (SSSR count). The van der Waals surface area contributed by atoms with Crippen LogP contribution in [-0.2, 0) is 6.54 Å². The largest absolute Gasteiger partial charge is 0.493 e. The van der Waals surface area contributed by atoms with E-state index in [0.717, 1.165) is 31.1 Å². The van der Waals surface area contributed by atoms with Crippen LogP contribution >= 0.6 is 0 Å². The highest BCUT2D eigenvalue weighted by Crippen LogP contribution is 2.27. The lowest BCUT2D eigenvalue weighted by molar-refractivity contribution is 0.310. The van der Waals surface area contributed by atoms with Crippen LogP contribution in [0.4, 0.5) is 0 Å². The van der Waals surface area contributed by atoms with E-state index in [-0.39, 0.29) is 0 Å². The molecule has 1 fully saturated rings. The molecule has 0 radical (unpaired) electrons. The lowest BCUT2D eigenvalue weighted by atomic mass is 10.2. The monoisotopic (exact) mass is 278 g/mol. The molecule has 0 atom stereocenters. The molecular weight excluding hydrogens is 252 g/mol. The minimum absolute atomic E-state index is 0.657. The van der Waals surface area contributed by atoms with Crippen LogP contribution < -0.4 is 14.8 Å². The van der Waals surface area contributed by atoms with Gasteiger partial charge in [0.15, 0.2) is 11.5 Å². The Morgan fingerprint density at radius 3 is 2.70 bits per heavy atom. The van der Waals surface area contributed by atoms with E-state index in [0.29, 0.717) is 6.61 Å². The lowest BCUT2D eigenvalue weighted by Gasteiger charge is -2.15. The molecule has 1 aromatic rings. The first-order valence-electron chi connectivity index (χ1n) is 7.56. The summed E-state index contributed by atoms with van der Waals surface area (Å²) in [5.74, 6) is 1.63. The Labute approximate surface area is 122 Å². The SMILES string of the molecule is CCOc1ccc(CNCCN2CCCC2)cc1OC. The second-order valence-electron chi connectivity index (χ2n) is 5.14. The number of benzene rings is 1. The summed E-state index contributed by atoms with van der Waals surface area (Å²) >= 11 is 0. The second-order valence-corrected chi connectivity index (χ2v) is 5.14. The van der Waals surface area contributed by atoms with Crippen molar-refractivity contribution in [2.75, 3.05) is 39.9 Å². The third kappa shape index (κ3) is 4.39. The predicted octanol–water partition coefficient (Wildman–Crippen LogP) is 2.28. The number of methoxy groups -OCH3 is 1. The van der Waals surface area contributed by atoms with Gasteiger partial charge in [0.05, 0.1) is 13.7 Å². The van der Waals surface area contributed by atoms with E-state index in [4.69, 9.17) is 9.47 Å². The molecule has 0 saturated carbocycles. The predicted molar refractivity (Wildman–Crippen MR) is 81.5 cm³/mol. The van der Waals surface area contributed by atoms with E-state index in [2.05, 4.69) is 16.3 Å². The van der Waals surface area contributed by atoms with Gasteiger partial charge in [-0.05, 0) is 50.6 Å². The van der Waals surface area contributed by atoms with E-state index < -0.39 is 0 Å². The molecule has 0 spiro atoms. The Kier molecular flexibility index (Phi) is 6.15. The zero-order valence-electron chi connectivity index (χ0n) is 12.7. The molecular formula is C16H26N2O2. The van der Waals surface area contributed by atoms with Gasteiger partial charge in [-0.1, -0.05) is 6.07 Å². The molecule has 112 valence electrons. The zero-order valence-corrected chi connectivity index (χ0v) is 12.7. The Balaban J connectivity index is 1.77. The summed E-state index contributed by atoms with van der Waals surface area (Å²) in [5, 5.41) is 3.49. The van der Waals surface area contributed by atoms with Crippen molar-refractivity contribution in [1.29, 1.82) is 0 Å². The van der Waals surface area contributed by atoms with Gasteiger partial charge < -0.3 is 19.7 Å². The van der Waals surface area contributed by atoms with Crippen LogP contribution in [0, 0.1) is 0 Å². The molecule has 1 heterocycles. The fraction of sp³-hybridized carbons (Fsp3) is 0.625. The number of likely N-dealkylation sites (tertiary alicyclic amines) is 1. The molecule has 4 heteroatoms. The standard InChI is InChI=1S/C16H26N2O2/c1-3-20-15-7-6-14(12-16(15)19-2)13-17-8-11-18-9-4-5-10-18/h6-7,12,17H,3-5,8-11,13H2,1-2H3. The number of nitrogens with one attached hydrogen (secondary N) is 1. The van der Waals surface area contributed by atoms with Gasteiger partial charge in [-0.3, -0.25) is 0 Å². The molecule has 20 heavy (non-hydrogen) atoms. The van der Waals surface area contributed by atoms with Crippen LogP contribution in [0.1, 0.15) is 25.3 Å². The molecule has 0 amide bonds. The third-order valence-corrected chi connectivity index (χ3v) is 3.66. The summed E-state index contributed by atoms with van der Waals surface area (Å²) in [7, 11) is 1.68. The molecule has 1 aromatic carbocycles. The van der Waals surface area contributed by atoms with Gasteiger partial charge in [0.25, 0.3) is 0 Å². The fourth-order valence-electron chi connectivity index (χ4n) is 2.57. The maximum atomic E-state index is 5.52. The average Bonchev–Trinajstić information content (AvgIpc) is 2.98. The van der Waals surface area contributed by atoms with Gasteiger partial charge in [0.1, 0.15) is 0 Å². The zero-order chi connectivity index (χ0) is 14.2. The summed E-state index contributed by atoms with van der Waals surface area (Å²) in [5.41, 5.74) is 1.23. The molecule has 1 N–H and O–H groups in total. The van der Waals surface area contributed by atoms with E-state index in [1.165, 1.54) is 31.5 Å². The molecule has 0 unspecified atom stereocenters. The first-order valence-corrected chi connectivity index (χ1v) is 7.56. The van der Waals surface area contributed by atoms with Crippen LogP contribution in [0.5, 0.6) is 11.5 Å². The van der Waals surface area contributed by atoms with Crippen molar-refractivity contribution in [2.45, 2.75) is 26.3 Å². The summed E-state index contributed by atoms with van der Waals surface area (Å²) in [4.78, 5) is 2.52. The van der Waals surface area contributed by atoms with Gasteiger partial charge in [0.2, 0.25) is 0 Å². The number of hydrogen-bond donors (Lipinski definition) is 1. The van der Waals surface area contributed by atoms with Crippen LogP contribution in [0.25, 0.3) is 0 Å². The maximum absolute atomic E-state index is 5.52. The van der Waals surface area contributed by atoms with Gasteiger partial charge in [-0.15, -0.1) is 0 Å². The van der Waals surface area contributed by atoms with Crippen molar-refractivity contribution < 1.29 is 9.47 Å². The molecule has 1 aliphatic rings. The average molecular weight is 278 g/mol. The van der Waals surface area contributed by atoms with Gasteiger partial charge in [-0.2, -0.15) is 0 Å². The Bertz CT molecular complexity index is 403. The third-order valence-electron chi connectivity index (χ3n) is 3.66. The van der Waals surface area contributed by atoms with Crippen molar-refractivity contribution in [3.05, 3.63) is 23.8 Å². The molecule has 4 nitrogen and oxygen atoms in total. The summed E-state index contributed by atoms with van der Waals surface area (Å²) in [6.45, 7) is 8.22. The first kappa shape index (κ1) is 15.1. The van der Waals surface area contributed by atoms with Crippen molar-refractivity contribution in [1.82, 2.24) is 10.2 Å². The van der Waals surface area contributed by atoms with Crippen molar-refractivity contribution in [3.63, 3.8) is 0 Å². The van der Waals surface area contributed by atoms with Crippen molar-refractivity contribution >= 4 is 0 Å². The highest BCUT2D eigenvalue weighted by atomic mass is 16.5. The molecule has 1 saturated heterocycles. The maximum Gasteiger partial charge on any atom is 0.161 e. The Hall–Kier alpha value is -1.26. The van der Waals surface area contributed by atoms with Crippen LogP contribution in [-0.4, -0.2) is 44.8 Å². The van der Waals surface area contributed by atoms with E-state index in [9.17, 15) is 0 Å². The summed E-state index contributed by atoms with van der Waals surface area (Å²) < 4.78 is 10.9. The summed E-state index contributed by atoms with van der Waals surface area (Å²) in [6.07, 6.45) is 2.71. The summed E-state index contributed by atoms with van der Waals surface area (Å²) in [6, 6.07) is 6.13. The van der Waals surface area contributed by atoms with Gasteiger partial charge >= 0.3 is 0 Å². The van der Waals surface area contributed by atoms with Gasteiger partial charge in [0, 0.05) is 19.6 Å². The normalized spacial score (nSPS) is 15.5. The molecule has 1 aliphatic heterocycles. The first-order chi connectivity index (χ1) is 9.83. The van der Waals surface area contributed by atoms with E-state index >= 15 is 0 Å². The highest BCUT2D eigenvalue weighted by molar-refractivity contribution is 5.42. The minimum Gasteiger partial charge on any atom is -0.493 e. The highest BCUT2D eigenvalue weighted by Gasteiger charge is 2.10. The Morgan fingerprint density at radius 1 is 1.20 bits per heavy atom. The molecule has 0 aromatic heterocycles. The quantitative estimate of drug-likeness (QED) is 0.740.